The second-order valence-corrected chi connectivity index (χ2v) is 5.70. The fourth-order valence-electron chi connectivity index (χ4n) is 2.24. The number of nitrogens with one attached hydrogen (secondary N) is 1. The van der Waals surface area contributed by atoms with Crippen molar-refractivity contribution in [3.63, 3.8) is 0 Å². The van der Waals surface area contributed by atoms with Crippen LogP contribution in [0.3, 0.4) is 0 Å². The van der Waals surface area contributed by atoms with Crippen molar-refractivity contribution in [1.82, 2.24) is 10.2 Å². The SMILES string of the molecule is C[C@@H]1CNC[C@H]1CN(C)Cc1cccs1. The van der Waals surface area contributed by atoms with Crippen molar-refractivity contribution in [2.45, 2.75) is 13.5 Å². The zero-order valence-corrected chi connectivity index (χ0v) is 10.4. The summed E-state index contributed by atoms with van der Waals surface area (Å²) in [6.45, 7) is 7.05. The molecule has 0 aromatic carbocycles. The van der Waals surface area contributed by atoms with Gasteiger partial charge in [0.25, 0.3) is 0 Å². The fourth-order valence-corrected chi connectivity index (χ4v) is 3.03. The van der Waals surface area contributed by atoms with E-state index in [0.29, 0.717) is 0 Å². The van der Waals surface area contributed by atoms with Crippen LogP contribution in [0.5, 0.6) is 0 Å². The molecule has 84 valence electrons. The summed E-state index contributed by atoms with van der Waals surface area (Å²) >= 11 is 1.85. The third-order valence-electron chi connectivity index (χ3n) is 3.23. The Balaban J connectivity index is 1.79. The molecule has 2 heterocycles. The molecule has 0 spiro atoms. The second-order valence-electron chi connectivity index (χ2n) is 4.67. The normalized spacial score (nSPS) is 26.3. The lowest BCUT2D eigenvalue weighted by Gasteiger charge is -2.22. The van der Waals surface area contributed by atoms with Gasteiger partial charge in [-0.05, 0) is 43.4 Å². The molecule has 0 radical (unpaired) electrons. The lowest BCUT2D eigenvalue weighted by Crippen LogP contribution is -2.28. The summed E-state index contributed by atoms with van der Waals surface area (Å²) in [5.41, 5.74) is 0. The molecule has 0 aliphatic carbocycles. The first-order valence-electron chi connectivity index (χ1n) is 5.67. The van der Waals surface area contributed by atoms with E-state index in [1.807, 2.05) is 11.3 Å². The molecule has 0 unspecified atom stereocenters. The van der Waals surface area contributed by atoms with Gasteiger partial charge >= 0.3 is 0 Å². The van der Waals surface area contributed by atoms with Crippen LogP contribution >= 0.6 is 11.3 Å². The molecule has 0 bridgehead atoms. The maximum Gasteiger partial charge on any atom is 0.0324 e. The molecule has 0 saturated carbocycles. The number of nitrogens with zero attached hydrogens (tertiary/aromatic N) is 1. The number of hydrogen-bond donors (Lipinski definition) is 1. The van der Waals surface area contributed by atoms with Gasteiger partial charge in [0.15, 0.2) is 0 Å². The lowest BCUT2D eigenvalue weighted by molar-refractivity contribution is 0.254. The number of thiophene rings is 1. The highest BCUT2D eigenvalue weighted by molar-refractivity contribution is 7.09. The average molecular weight is 224 g/mol. The Morgan fingerprint density at radius 1 is 1.53 bits per heavy atom. The van der Waals surface area contributed by atoms with E-state index in [1.54, 1.807) is 0 Å². The molecule has 1 aromatic heterocycles. The molecule has 2 rings (SSSR count). The monoisotopic (exact) mass is 224 g/mol. The quantitative estimate of drug-likeness (QED) is 0.842. The maximum atomic E-state index is 3.46. The summed E-state index contributed by atoms with van der Waals surface area (Å²) in [7, 11) is 2.23. The third-order valence-corrected chi connectivity index (χ3v) is 4.09. The summed E-state index contributed by atoms with van der Waals surface area (Å²) in [5, 5.41) is 5.62. The standard InChI is InChI=1S/C12H20N2S/c1-10-6-13-7-11(10)8-14(2)9-12-4-3-5-15-12/h3-5,10-11,13H,6-9H2,1-2H3/t10-,11+/m1/s1. The van der Waals surface area contributed by atoms with Crippen molar-refractivity contribution in [3.05, 3.63) is 22.4 Å². The molecule has 2 atom stereocenters. The molecule has 1 aliphatic heterocycles. The predicted molar refractivity (Wildman–Crippen MR) is 66.2 cm³/mol. The van der Waals surface area contributed by atoms with E-state index < -0.39 is 0 Å². The Bertz CT molecular complexity index is 284. The first kappa shape index (κ1) is 11.1. The molecule has 1 aliphatic rings. The van der Waals surface area contributed by atoms with Crippen molar-refractivity contribution >= 4 is 11.3 Å². The minimum Gasteiger partial charge on any atom is -0.316 e. The van der Waals surface area contributed by atoms with Crippen molar-refractivity contribution in [2.75, 3.05) is 26.7 Å². The van der Waals surface area contributed by atoms with E-state index >= 15 is 0 Å². The van der Waals surface area contributed by atoms with Crippen LogP contribution in [0.1, 0.15) is 11.8 Å². The van der Waals surface area contributed by atoms with Crippen molar-refractivity contribution in [1.29, 1.82) is 0 Å². The van der Waals surface area contributed by atoms with Gasteiger partial charge in [0, 0.05) is 18.0 Å². The van der Waals surface area contributed by atoms with Gasteiger partial charge in [0.05, 0.1) is 0 Å². The summed E-state index contributed by atoms with van der Waals surface area (Å²) in [6.07, 6.45) is 0. The smallest absolute Gasteiger partial charge is 0.0324 e. The van der Waals surface area contributed by atoms with E-state index in [2.05, 4.69) is 41.7 Å². The molecular formula is C12H20N2S. The Morgan fingerprint density at radius 2 is 2.40 bits per heavy atom. The maximum absolute atomic E-state index is 3.46. The van der Waals surface area contributed by atoms with E-state index in [4.69, 9.17) is 0 Å². The first-order valence-corrected chi connectivity index (χ1v) is 6.55. The third kappa shape index (κ3) is 3.03. The molecule has 0 amide bonds. The Kier molecular flexibility index (Phi) is 3.78. The van der Waals surface area contributed by atoms with E-state index in [-0.39, 0.29) is 0 Å². The van der Waals surface area contributed by atoms with Crippen LogP contribution in [0.2, 0.25) is 0 Å². The lowest BCUT2D eigenvalue weighted by atomic mass is 9.98. The zero-order valence-electron chi connectivity index (χ0n) is 9.57. The molecular weight excluding hydrogens is 204 g/mol. The van der Waals surface area contributed by atoms with Gasteiger partial charge in [-0.3, -0.25) is 0 Å². The van der Waals surface area contributed by atoms with Gasteiger partial charge < -0.3 is 10.2 Å². The number of hydrogen-bond acceptors (Lipinski definition) is 3. The Labute approximate surface area is 96.3 Å². The summed E-state index contributed by atoms with van der Waals surface area (Å²) in [4.78, 5) is 3.91. The predicted octanol–water partition coefficient (Wildman–Crippen LogP) is 2.04. The van der Waals surface area contributed by atoms with Crippen LogP contribution in [0, 0.1) is 11.8 Å². The van der Waals surface area contributed by atoms with Crippen LogP contribution in [0.25, 0.3) is 0 Å². The second kappa shape index (κ2) is 5.10. The van der Waals surface area contributed by atoms with Gasteiger partial charge in [0.2, 0.25) is 0 Å². The fraction of sp³-hybridized carbons (Fsp3) is 0.667. The molecule has 3 heteroatoms. The van der Waals surface area contributed by atoms with Gasteiger partial charge in [-0.15, -0.1) is 11.3 Å². The van der Waals surface area contributed by atoms with Gasteiger partial charge in [-0.25, -0.2) is 0 Å². The minimum atomic E-state index is 0.829. The van der Waals surface area contributed by atoms with Gasteiger partial charge in [-0.2, -0.15) is 0 Å². The van der Waals surface area contributed by atoms with Crippen molar-refractivity contribution < 1.29 is 0 Å². The van der Waals surface area contributed by atoms with Gasteiger partial charge in [-0.1, -0.05) is 13.0 Å². The number of rotatable bonds is 4. The highest BCUT2D eigenvalue weighted by Gasteiger charge is 2.23. The Morgan fingerprint density at radius 3 is 3.00 bits per heavy atom. The minimum absolute atomic E-state index is 0.829. The summed E-state index contributed by atoms with van der Waals surface area (Å²) in [6, 6.07) is 4.35. The van der Waals surface area contributed by atoms with E-state index in [1.165, 1.54) is 24.5 Å². The topological polar surface area (TPSA) is 15.3 Å². The van der Waals surface area contributed by atoms with Gasteiger partial charge in [0.1, 0.15) is 0 Å². The Hall–Kier alpha value is -0.380. The first-order chi connectivity index (χ1) is 7.25. The highest BCUT2D eigenvalue weighted by atomic mass is 32.1. The van der Waals surface area contributed by atoms with E-state index in [9.17, 15) is 0 Å². The van der Waals surface area contributed by atoms with Crippen LogP contribution < -0.4 is 5.32 Å². The zero-order chi connectivity index (χ0) is 10.7. The van der Waals surface area contributed by atoms with Crippen LogP contribution in [-0.2, 0) is 6.54 Å². The average Bonchev–Trinajstić information content (AvgIpc) is 2.79. The summed E-state index contributed by atoms with van der Waals surface area (Å²) in [5.74, 6) is 1.66. The molecule has 15 heavy (non-hydrogen) atoms. The van der Waals surface area contributed by atoms with Crippen LogP contribution in [0.4, 0.5) is 0 Å². The molecule has 1 aromatic rings. The van der Waals surface area contributed by atoms with E-state index in [0.717, 1.165) is 18.4 Å². The largest absolute Gasteiger partial charge is 0.316 e. The van der Waals surface area contributed by atoms with Crippen molar-refractivity contribution in [3.8, 4) is 0 Å². The summed E-state index contributed by atoms with van der Waals surface area (Å²) < 4.78 is 0. The van der Waals surface area contributed by atoms with Crippen LogP contribution in [0.15, 0.2) is 17.5 Å². The molecule has 1 saturated heterocycles. The van der Waals surface area contributed by atoms with Crippen LogP contribution in [-0.4, -0.2) is 31.6 Å². The van der Waals surface area contributed by atoms with Crippen molar-refractivity contribution in [2.24, 2.45) is 11.8 Å². The molecule has 1 fully saturated rings. The molecule has 1 N–H and O–H groups in total. The molecule has 2 nitrogen and oxygen atoms in total. The highest BCUT2D eigenvalue weighted by Crippen LogP contribution is 2.18.